The zero-order valence-electron chi connectivity index (χ0n) is 18.4. The summed E-state index contributed by atoms with van der Waals surface area (Å²) in [6, 6.07) is 3.79. The Morgan fingerprint density at radius 2 is 1.91 bits per heavy atom. The summed E-state index contributed by atoms with van der Waals surface area (Å²) in [4.78, 5) is 3.83. The third-order valence-corrected chi connectivity index (χ3v) is 6.79. The fourth-order valence-electron chi connectivity index (χ4n) is 3.96. The van der Waals surface area contributed by atoms with Crippen LogP contribution in [0.4, 0.5) is 17.6 Å². The van der Waals surface area contributed by atoms with E-state index >= 15 is 4.39 Å². The third-order valence-electron chi connectivity index (χ3n) is 5.68. The van der Waals surface area contributed by atoms with Gasteiger partial charge in [0.15, 0.2) is 0 Å². The van der Waals surface area contributed by atoms with E-state index in [0.717, 1.165) is 34.9 Å². The maximum absolute atomic E-state index is 15.2. The molecule has 3 nitrogen and oxygen atoms in total. The molecule has 3 aromatic rings. The minimum absolute atomic E-state index is 0.0582. The van der Waals surface area contributed by atoms with E-state index < -0.39 is 17.6 Å². The Kier molecular flexibility index (Phi) is 6.29. The Bertz CT molecular complexity index is 1110. The lowest BCUT2D eigenvalue weighted by atomic mass is 9.96. The van der Waals surface area contributed by atoms with Crippen molar-refractivity contribution in [3.63, 3.8) is 0 Å². The number of pyridine rings is 1. The van der Waals surface area contributed by atoms with Gasteiger partial charge in [0, 0.05) is 59.0 Å². The van der Waals surface area contributed by atoms with Gasteiger partial charge < -0.3 is 4.57 Å². The summed E-state index contributed by atoms with van der Waals surface area (Å²) in [6.45, 7) is 7.50. The fraction of sp³-hybridized carbons (Fsp3) is 0.458. The van der Waals surface area contributed by atoms with E-state index in [0.29, 0.717) is 18.3 Å². The number of hydrogen-bond donors (Lipinski definition) is 1. The Morgan fingerprint density at radius 1 is 1.16 bits per heavy atom. The summed E-state index contributed by atoms with van der Waals surface area (Å²) >= 11 is 1.71. The van der Waals surface area contributed by atoms with Crippen LogP contribution >= 0.6 is 11.9 Å². The molecule has 0 amide bonds. The Morgan fingerprint density at radius 3 is 2.53 bits per heavy atom. The van der Waals surface area contributed by atoms with Gasteiger partial charge in [0.05, 0.1) is 5.56 Å². The van der Waals surface area contributed by atoms with Gasteiger partial charge in [-0.15, -0.1) is 0 Å². The Balaban J connectivity index is 1.78. The van der Waals surface area contributed by atoms with Gasteiger partial charge in [-0.05, 0) is 42.0 Å². The number of nitrogens with zero attached hydrogens (tertiary/aromatic N) is 2. The minimum atomic E-state index is -4.60. The van der Waals surface area contributed by atoms with E-state index in [1.54, 1.807) is 11.9 Å². The quantitative estimate of drug-likeness (QED) is 0.308. The van der Waals surface area contributed by atoms with E-state index in [9.17, 15) is 13.2 Å². The van der Waals surface area contributed by atoms with Gasteiger partial charge in [0.1, 0.15) is 5.82 Å². The van der Waals surface area contributed by atoms with Crippen LogP contribution in [0.3, 0.4) is 0 Å². The summed E-state index contributed by atoms with van der Waals surface area (Å²) in [6.07, 6.45) is 3.22. The molecule has 2 aromatic heterocycles. The van der Waals surface area contributed by atoms with Crippen LogP contribution in [-0.4, -0.2) is 14.8 Å². The van der Waals surface area contributed by atoms with Crippen molar-refractivity contribution in [2.45, 2.75) is 64.5 Å². The lowest BCUT2D eigenvalue weighted by molar-refractivity contribution is -0.137. The lowest BCUT2D eigenvalue weighted by Crippen LogP contribution is -2.19. The second-order valence-electron chi connectivity index (χ2n) is 9.60. The van der Waals surface area contributed by atoms with Gasteiger partial charge in [-0.1, -0.05) is 39.1 Å². The molecule has 1 aromatic carbocycles. The molecule has 0 atom stereocenters. The first-order valence-electron chi connectivity index (χ1n) is 10.7. The summed E-state index contributed by atoms with van der Waals surface area (Å²) in [7, 11) is 0. The van der Waals surface area contributed by atoms with Crippen LogP contribution in [-0.2, 0) is 19.3 Å². The molecule has 4 rings (SSSR count). The molecule has 1 saturated carbocycles. The first-order chi connectivity index (χ1) is 15.0. The second kappa shape index (κ2) is 8.71. The highest BCUT2D eigenvalue weighted by molar-refractivity contribution is 7.98. The van der Waals surface area contributed by atoms with Crippen molar-refractivity contribution in [2.75, 3.05) is 0 Å². The van der Waals surface area contributed by atoms with E-state index in [2.05, 4.69) is 30.5 Å². The molecule has 32 heavy (non-hydrogen) atoms. The highest BCUT2D eigenvalue weighted by Gasteiger charge is 2.34. The molecule has 1 aliphatic rings. The van der Waals surface area contributed by atoms with Gasteiger partial charge in [-0.25, -0.2) is 4.39 Å². The SMILES string of the molecule is CC(C)(C)Cn1cc(CNSC2CCC2)c2cc(F)c(-c3cnccc3C(F)(F)F)cc21. The van der Waals surface area contributed by atoms with E-state index in [1.807, 2.05) is 10.8 Å². The van der Waals surface area contributed by atoms with Gasteiger partial charge in [-0.2, -0.15) is 13.2 Å². The predicted molar refractivity (Wildman–Crippen MR) is 122 cm³/mol. The van der Waals surface area contributed by atoms with E-state index in [-0.39, 0.29) is 16.5 Å². The molecular formula is C24H27F4N3S. The smallest absolute Gasteiger partial charge is 0.347 e. The fourth-order valence-corrected chi connectivity index (χ4v) is 5.00. The van der Waals surface area contributed by atoms with Crippen molar-refractivity contribution in [1.82, 2.24) is 14.3 Å². The van der Waals surface area contributed by atoms with Crippen molar-refractivity contribution >= 4 is 22.9 Å². The van der Waals surface area contributed by atoms with E-state index in [4.69, 9.17) is 0 Å². The number of alkyl halides is 3. The number of benzene rings is 1. The van der Waals surface area contributed by atoms with Crippen LogP contribution in [0.25, 0.3) is 22.0 Å². The number of aromatic nitrogens is 2. The molecule has 0 aliphatic heterocycles. The molecule has 1 N–H and O–H groups in total. The van der Waals surface area contributed by atoms with Crippen molar-refractivity contribution in [1.29, 1.82) is 0 Å². The van der Waals surface area contributed by atoms with Crippen molar-refractivity contribution in [2.24, 2.45) is 5.41 Å². The maximum atomic E-state index is 15.2. The largest absolute Gasteiger partial charge is 0.417 e. The number of fused-ring (bicyclic) bond motifs is 1. The number of nitrogens with one attached hydrogen (secondary N) is 1. The summed E-state index contributed by atoms with van der Waals surface area (Å²) in [5.41, 5.74) is 0.371. The Hall–Kier alpha value is -2.06. The van der Waals surface area contributed by atoms with Crippen LogP contribution in [0, 0.1) is 11.2 Å². The second-order valence-corrected chi connectivity index (χ2v) is 10.8. The van der Waals surface area contributed by atoms with Crippen molar-refractivity contribution in [3.05, 3.63) is 53.7 Å². The summed E-state index contributed by atoms with van der Waals surface area (Å²) < 4.78 is 61.3. The van der Waals surface area contributed by atoms with Crippen LogP contribution in [0.2, 0.25) is 0 Å². The molecule has 2 heterocycles. The van der Waals surface area contributed by atoms with Crippen LogP contribution in [0.15, 0.2) is 36.8 Å². The standard InChI is InChI=1S/C24H27F4N3S/c1-23(2,3)14-31-13-15(11-30-32-16-5-4-6-16)17-9-21(25)18(10-22(17)31)19-12-29-8-7-20(19)24(26,27)28/h7-10,12-13,16,30H,4-6,11,14H2,1-3H3. The van der Waals surface area contributed by atoms with Gasteiger partial charge in [0.2, 0.25) is 0 Å². The Labute approximate surface area is 189 Å². The van der Waals surface area contributed by atoms with E-state index in [1.165, 1.54) is 31.4 Å². The van der Waals surface area contributed by atoms with Crippen LogP contribution in [0.5, 0.6) is 0 Å². The molecule has 0 saturated heterocycles. The molecule has 0 unspecified atom stereocenters. The zero-order chi connectivity index (χ0) is 23.1. The summed E-state index contributed by atoms with van der Waals surface area (Å²) in [5.74, 6) is -0.683. The molecule has 0 spiro atoms. The van der Waals surface area contributed by atoms with Crippen molar-refractivity contribution < 1.29 is 17.6 Å². The third kappa shape index (κ3) is 4.96. The number of hydrogen-bond acceptors (Lipinski definition) is 3. The molecule has 0 bridgehead atoms. The molecule has 172 valence electrons. The average Bonchev–Trinajstić information content (AvgIpc) is 2.97. The van der Waals surface area contributed by atoms with Crippen LogP contribution < -0.4 is 4.72 Å². The average molecular weight is 466 g/mol. The monoisotopic (exact) mass is 465 g/mol. The number of rotatable bonds is 6. The minimum Gasteiger partial charge on any atom is -0.347 e. The maximum Gasteiger partial charge on any atom is 0.417 e. The molecule has 1 aliphatic carbocycles. The number of halogens is 4. The molecule has 8 heteroatoms. The van der Waals surface area contributed by atoms with Gasteiger partial charge >= 0.3 is 6.18 Å². The molecular weight excluding hydrogens is 438 g/mol. The first-order valence-corrected chi connectivity index (χ1v) is 11.6. The predicted octanol–water partition coefficient (Wildman–Crippen LogP) is 7.20. The van der Waals surface area contributed by atoms with Crippen LogP contribution in [0.1, 0.15) is 51.2 Å². The highest BCUT2D eigenvalue weighted by atomic mass is 32.2. The molecule has 1 fully saturated rings. The first kappa shape index (κ1) is 23.1. The zero-order valence-corrected chi connectivity index (χ0v) is 19.2. The van der Waals surface area contributed by atoms with Gasteiger partial charge in [0.25, 0.3) is 0 Å². The van der Waals surface area contributed by atoms with Crippen molar-refractivity contribution in [3.8, 4) is 11.1 Å². The van der Waals surface area contributed by atoms with Gasteiger partial charge in [-0.3, -0.25) is 9.71 Å². The molecule has 0 radical (unpaired) electrons. The lowest BCUT2D eigenvalue weighted by Gasteiger charge is -2.24. The summed E-state index contributed by atoms with van der Waals surface area (Å²) in [5, 5.41) is 1.34. The highest BCUT2D eigenvalue weighted by Crippen LogP contribution is 2.39. The topological polar surface area (TPSA) is 29.9 Å². The normalized spacial score (nSPS) is 15.3.